The summed E-state index contributed by atoms with van der Waals surface area (Å²) in [4.78, 5) is 16.2. The van der Waals surface area contributed by atoms with Crippen LogP contribution in [-0.4, -0.2) is 10.9 Å². The molecule has 0 unspecified atom stereocenters. The number of carbonyl (C=O) groups excluding carboxylic acids is 1. The number of aromatic nitrogens is 1. The number of halogens is 2. The predicted octanol–water partition coefficient (Wildman–Crippen LogP) is 5.01. The van der Waals surface area contributed by atoms with Crippen LogP contribution in [0.2, 0.25) is 5.02 Å². The van der Waals surface area contributed by atoms with Crippen molar-refractivity contribution in [2.24, 2.45) is 0 Å². The molecule has 1 aromatic heterocycles. The lowest BCUT2D eigenvalue weighted by atomic mass is 10.2. The van der Waals surface area contributed by atoms with E-state index in [1.54, 1.807) is 25.3 Å². The van der Waals surface area contributed by atoms with Crippen molar-refractivity contribution in [1.82, 2.24) is 4.98 Å². The van der Waals surface area contributed by atoms with Crippen LogP contribution in [0.3, 0.4) is 0 Å². The average molecular weight is 359 g/mol. The predicted molar refractivity (Wildman–Crippen MR) is 95.0 cm³/mol. The number of anilines is 1. The molecule has 128 valence electrons. The Morgan fingerprint density at radius 3 is 2.88 bits per heavy atom. The fourth-order valence-electron chi connectivity index (χ4n) is 2.37. The zero-order valence-corrected chi connectivity index (χ0v) is 14.3. The zero-order chi connectivity index (χ0) is 17.8. The number of oxazole rings is 1. The molecule has 0 spiro atoms. The van der Waals surface area contributed by atoms with Crippen molar-refractivity contribution < 1.29 is 13.6 Å². The quantitative estimate of drug-likeness (QED) is 0.697. The normalized spacial score (nSPS) is 10.7. The number of amides is 1. The lowest BCUT2D eigenvalue weighted by Crippen LogP contribution is -2.13. The zero-order valence-electron chi connectivity index (χ0n) is 13.6. The maximum absolute atomic E-state index is 13.3. The Hall–Kier alpha value is -2.66. The molecule has 0 aliphatic rings. The number of hydrogen-bond acceptors (Lipinski definition) is 3. The van der Waals surface area contributed by atoms with E-state index in [-0.39, 0.29) is 12.3 Å². The van der Waals surface area contributed by atoms with Crippen LogP contribution < -0.4 is 5.32 Å². The third-order valence-electron chi connectivity index (χ3n) is 3.73. The van der Waals surface area contributed by atoms with Crippen LogP contribution in [0.5, 0.6) is 0 Å². The van der Waals surface area contributed by atoms with Crippen LogP contribution in [0.1, 0.15) is 17.9 Å². The number of nitrogens with one attached hydrogen (secondary N) is 1. The van der Waals surface area contributed by atoms with Gasteiger partial charge in [-0.25, -0.2) is 9.37 Å². The van der Waals surface area contributed by atoms with Crippen LogP contribution in [0.15, 0.2) is 53.1 Å². The van der Waals surface area contributed by atoms with Gasteiger partial charge in [0.05, 0.1) is 11.2 Å². The van der Waals surface area contributed by atoms with Crippen LogP contribution >= 0.6 is 11.6 Å². The van der Waals surface area contributed by atoms with E-state index in [0.29, 0.717) is 28.8 Å². The topological polar surface area (TPSA) is 55.1 Å². The Balaban J connectivity index is 1.61. The monoisotopic (exact) mass is 358 g/mol. The van der Waals surface area contributed by atoms with Crippen molar-refractivity contribution in [3.63, 3.8) is 0 Å². The van der Waals surface area contributed by atoms with Gasteiger partial charge in [0.1, 0.15) is 5.82 Å². The highest BCUT2D eigenvalue weighted by molar-refractivity contribution is 6.33. The first kappa shape index (κ1) is 17.2. The summed E-state index contributed by atoms with van der Waals surface area (Å²) in [6.45, 7) is 1.80. The summed E-state index contributed by atoms with van der Waals surface area (Å²) in [5, 5.41) is 3.27. The van der Waals surface area contributed by atoms with E-state index in [1.165, 1.54) is 12.1 Å². The van der Waals surface area contributed by atoms with E-state index in [0.717, 1.165) is 11.1 Å². The molecule has 2 aromatic carbocycles. The number of rotatable bonds is 5. The minimum absolute atomic E-state index is 0.179. The van der Waals surface area contributed by atoms with Crippen molar-refractivity contribution >= 4 is 23.2 Å². The third kappa shape index (κ3) is 4.25. The summed E-state index contributed by atoms with van der Waals surface area (Å²) in [6, 6.07) is 11.6. The molecule has 1 N–H and O–H groups in total. The summed E-state index contributed by atoms with van der Waals surface area (Å²) in [7, 11) is 0. The van der Waals surface area contributed by atoms with E-state index in [9.17, 15) is 9.18 Å². The number of benzene rings is 2. The van der Waals surface area contributed by atoms with Gasteiger partial charge < -0.3 is 9.73 Å². The van der Waals surface area contributed by atoms with Crippen LogP contribution in [0.25, 0.3) is 11.3 Å². The molecule has 0 fully saturated rings. The second kappa shape index (κ2) is 7.49. The standard InChI is InChI=1S/C19H16ClFN2O2/c1-12-6-7-13(21)10-16(12)23-18(24)8-9-19-22-11-17(25-19)14-4-2-3-5-15(14)20/h2-7,10-11H,8-9H2,1H3,(H,23,24). The molecule has 0 atom stereocenters. The lowest BCUT2D eigenvalue weighted by Gasteiger charge is -2.07. The van der Waals surface area contributed by atoms with E-state index < -0.39 is 5.82 Å². The third-order valence-corrected chi connectivity index (χ3v) is 4.06. The summed E-state index contributed by atoms with van der Waals surface area (Å²) >= 11 is 6.13. The number of nitrogens with zero attached hydrogens (tertiary/aromatic N) is 1. The Morgan fingerprint density at radius 1 is 1.28 bits per heavy atom. The van der Waals surface area contributed by atoms with Crippen molar-refractivity contribution in [1.29, 1.82) is 0 Å². The molecule has 0 aliphatic heterocycles. The van der Waals surface area contributed by atoms with Gasteiger partial charge in [0, 0.05) is 24.1 Å². The van der Waals surface area contributed by atoms with Gasteiger partial charge in [-0.2, -0.15) is 0 Å². The van der Waals surface area contributed by atoms with Crippen molar-refractivity contribution in [2.75, 3.05) is 5.32 Å². The highest BCUT2D eigenvalue weighted by atomic mass is 35.5. The molecule has 0 aliphatic carbocycles. The minimum Gasteiger partial charge on any atom is -0.441 e. The summed E-state index contributed by atoms with van der Waals surface area (Å²) in [5.74, 6) is 0.382. The second-order valence-electron chi connectivity index (χ2n) is 5.61. The lowest BCUT2D eigenvalue weighted by molar-refractivity contribution is -0.116. The first-order valence-electron chi connectivity index (χ1n) is 7.78. The molecule has 3 rings (SSSR count). The van der Waals surface area contributed by atoms with E-state index in [1.807, 2.05) is 18.2 Å². The molecule has 0 saturated carbocycles. The maximum Gasteiger partial charge on any atom is 0.224 e. The smallest absolute Gasteiger partial charge is 0.224 e. The summed E-state index contributed by atoms with van der Waals surface area (Å²) < 4.78 is 18.9. The van der Waals surface area contributed by atoms with Gasteiger partial charge in [-0.1, -0.05) is 29.8 Å². The van der Waals surface area contributed by atoms with Gasteiger partial charge in [0.25, 0.3) is 0 Å². The van der Waals surface area contributed by atoms with Crippen LogP contribution in [0, 0.1) is 12.7 Å². The maximum atomic E-state index is 13.3. The molecule has 3 aromatic rings. The molecular weight excluding hydrogens is 343 g/mol. The van der Waals surface area contributed by atoms with E-state index >= 15 is 0 Å². The Kier molecular flexibility index (Phi) is 5.14. The SMILES string of the molecule is Cc1ccc(F)cc1NC(=O)CCc1ncc(-c2ccccc2Cl)o1. The Bertz CT molecular complexity index is 908. The number of carbonyl (C=O) groups is 1. The fraction of sp³-hybridized carbons (Fsp3) is 0.158. The molecule has 0 radical (unpaired) electrons. The molecule has 6 heteroatoms. The Labute approximate surface area is 149 Å². The number of aryl methyl sites for hydroxylation is 2. The largest absolute Gasteiger partial charge is 0.441 e. The highest BCUT2D eigenvalue weighted by Gasteiger charge is 2.12. The first-order valence-corrected chi connectivity index (χ1v) is 8.16. The van der Waals surface area contributed by atoms with Gasteiger partial charge in [-0.15, -0.1) is 0 Å². The van der Waals surface area contributed by atoms with Gasteiger partial charge in [0.2, 0.25) is 5.91 Å². The first-order chi connectivity index (χ1) is 12.0. The average Bonchev–Trinajstić information content (AvgIpc) is 3.05. The molecule has 0 saturated heterocycles. The fourth-order valence-corrected chi connectivity index (χ4v) is 2.60. The molecule has 4 nitrogen and oxygen atoms in total. The highest BCUT2D eigenvalue weighted by Crippen LogP contribution is 2.28. The van der Waals surface area contributed by atoms with Crippen LogP contribution in [-0.2, 0) is 11.2 Å². The van der Waals surface area contributed by atoms with Crippen molar-refractivity contribution in [2.45, 2.75) is 19.8 Å². The van der Waals surface area contributed by atoms with E-state index in [4.69, 9.17) is 16.0 Å². The van der Waals surface area contributed by atoms with Gasteiger partial charge in [0.15, 0.2) is 11.7 Å². The molecule has 25 heavy (non-hydrogen) atoms. The summed E-state index contributed by atoms with van der Waals surface area (Å²) in [5.41, 5.74) is 2.02. The summed E-state index contributed by atoms with van der Waals surface area (Å²) in [6.07, 6.45) is 2.11. The van der Waals surface area contributed by atoms with Gasteiger partial charge >= 0.3 is 0 Å². The minimum atomic E-state index is -0.391. The second-order valence-corrected chi connectivity index (χ2v) is 6.01. The molecule has 1 heterocycles. The molecule has 1 amide bonds. The van der Waals surface area contributed by atoms with E-state index in [2.05, 4.69) is 10.3 Å². The molecular formula is C19H16ClFN2O2. The van der Waals surface area contributed by atoms with Crippen molar-refractivity contribution in [3.05, 3.63) is 71.0 Å². The number of hydrogen-bond donors (Lipinski definition) is 1. The molecule has 0 bridgehead atoms. The Morgan fingerprint density at radius 2 is 2.08 bits per heavy atom. The van der Waals surface area contributed by atoms with Crippen molar-refractivity contribution in [3.8, 4) is 11.3 Å². The van der Waals surface area contributed by atoms with Gasteiger partial charge in [-0.3, -0.25) is 4.79 Å². The van der Waals surface area contributed by atoms with Gasteiger partial charge in [-0.05, 0) is 36.8 Å². The van der Waals surface area contributed by atoms with Crippen LogP contribution in [0.4, 0.5) is 10.1 Å².